The minimum atomic E-state index is -4.42. The minimum absolute atomic E-state index is 0.282. The number of rotatable bonds is 4. The number of hydrogen-bond acceptors (Lipinski definition) is 2. The third kappa shape index (κ3) is 3.66. The molecule has 16 heavy (non-hydrogen) atoms. The molecule has 0 aromatic heterocycles. The molecular weight excluding hydrogens is 241 g/mol. The fourth-order valence-electron chi connectivity index (χ4n) is 1.23. The van der Waals surface area contributed by atoms with Crippen LogP contribution in [0.25, 0.3) is 0 Å². The van der Waals surface area contributed by atoms with Crippen molar-refractivity contribution in [3.05, 3.63) is 34.3 Å². The second-order valence-corrected chi connectivity index (χ2v) is 3.68. The van der Waals surface area contributed by atoms with Crippen LogP contribution in [0.3, 0.4) is 0 Å². The van der Waals surface area contributed by atoms with Gasteiger partial charge in [0.25, 0.3) is 0 Å². The fourth-order valence-corrected chi connectivity index (χ4v) is 1.46. The van der Waals surface area contributed by atoms with Crippen molar-refractivity contribution < 1.29 is 13.2 Å². The van der Waals surface area contributed by atoms with E-state index in [0.29, 0.717) is 25.2 Å². The summed E-state index contributed by atoms with van der Waals surface area (Å²) in [7, 11) is 0. The highest BCUT2D eigenvalue weighted by Crippen LogP contribution is 2.35. The van der Waals surface area contributed by atoms with Gasteiger partial charge >= 0.3 is 6.18 Å². The first-order valence-electron chi connectivity index (χ1n) is 4.71. The van der Waals surface area contributed by atoms with Crippen molar-refractivity contribution in [3.8, 4) is 0 Å². The molecule has 0 bridgehead atoms. The van der Waals surface area contributed by atoms with Crippen molar-refractivity contribution >= 4 is 11.6 Å². The van der Waals surface area contributed by atoms with E-state index in [9.17, 15) is 13.2 Å². The lowest BCUT2D eigenvalue weighted by Gasteiger charge is -2.11. The highest BCUT2D eigenvalue weighted by Gasteiger charge is 2.33. The molecule has 0 fully saturated rings. The number of halogens is 4. The monoisotopic (exact) mass is 252 g/mol. The molecule has 0 aliphatic rings. The van der Waals surface area contributed by atoms with Crippen molar-refractivity contribution in [1.29, 1.82) is 0 Å². The zero-order valence-corrected chi connectivity index (χ0v) is 9.20. The van der Waals surface area contributed by atoms with Gasteiger partial charge < -0.3 is 11.1 Å². The van der Waals surface area contributed by atoms with E-state index in [-0.39, 0.29) is 5.02 Å². The fraction of sp³-hybridized carbons (Fsp3) is 0.400. The third-order valence-corrected chi connectivity index (χ3v) is 2.32. The molecule has 0 aliphatic heterocycles. The first-order chi connectivity index (χ1) is 7.45. The van der Waals surface area contributed by atoms with Gasteiger partial charge in [-0.15, -0.1) is 0 Å². The van der Waals surface area contributed by atoms with Gasteiger partial charge in [-0.05, 0) is 17.7 Å². The molecule has 2 nitrogen and oxygen atoms in total. The molecule has 0 saturated heterocycles. The molecule has 0 saturated carbocycles. The molecule has 0 atom stereocenters. The lowest BCUT2D eigenvalue weighted by molar-refractivity contribution is -0.137. The summed E-state index contributed by atoms with van der Waals surface area (Å²) in [6.07, 6.45) is -4.42. The van der Waals surface area contributed by atoms with Crippen LogP contribution >= 0.6 is 11.6 Å². The Hall–Kier alpha value is -0.780. The molecule has 1 rings (SSSR count). The van der Waals surface area contributed by atoms with Crippen LogP contribution in [0.1, 0.15) is 11.1 Å². The Morgan fingerprint density at radius 2 is 2.00 bits per heavy atom. The van der Waals surface area contributed by atoms with E-state index < -0.39 is 11.7 Å². The van der Waals surface area contributed by atoms with Crippen LogP contribution in [0.4, 0.5) is 13.2 Å². The average molecular weight is 253 g/mol. The molecule has 90 valence electrons. The van der Waals surface area contributed by atoms with Crippen LogP contribution in [0.5, 0.6) is 0 Å². The highest BCUT2D eigenvalue weighted by molar-refractivity contribution is 6.31. The maximum Gasteiger partial charge on any atom is 0.417 e. The van der Waals surface area contributed by atoms with Crippen LogP contribution in [-0.2, 0) is 12.7 Å². The first-order valence-corrected chi connectivity index (χ1v) is 5.09. The van der Waals surface area contributed by atoms with E-state index in [4.69, 9.17) is 17.3 Å². The zero-order valence-electron chi connectivity index (χ0n) is 8.44. The summed E-state index contributed by atoms with van der Waals surface area (Å²) in [5.41, 5.74) is 4.98. The van der Waals surface area contributed by atoms with Crippen molar-refractivity contribution in [3.63, 3.8) is 0 Å². The molecule has 0 heterocycles. The van der Waals surface area contributed by atoms with E-state index in [0.717, 1.165) is 6.07 Å². The van der Waals surface area contributed by atoms with Gasteiger partial charge in [0.05, 0.1) is 10.6 Å². The standard InChI is InChI=1S/C10H12ClF3N2/c11-9-2-1-7(6-16-4-3-15)5-8(9)10(12,13)14/h1-2,5,16H,3-4,6,15H2. The minimum Gasteiger partial charge on any atom is -0.329 e. The van der Waals surface area contributed by atoms with E-state index in [1.165, 1.54) is 6.07 Å². The van der Waals surface area contributed by atoms with Crippen LogP contribution in [-0.4, -0.2) is 13.1 Å². The van der Waals surface area contributed by atoms with E-state index in [1.807, 2.05) is 0 Å². The van der Waals surface area contributed by atoms with Crippen LogP contribution in [0.2, 0.25) is 5.02 Å². The Labute approximate surface area is 96.6 Å². The number of nitrogens with two attached hydrogens (primary N) is 1. The summed E-state index contributed by atoms with van der Waals surface area (Å²) in [6, 6.07) is 3.86. The number of benzene rings is 1. The van der Waals surface area contributed by atoms with Gasteiger partial charge in [0.15, 0.2) is 0 Å². The van der Waals surface area contributed by atoms with Gasteiger partial charge in [-0.25, -0.2) is 0 Å². The van der Waals surface area contributed by atoms with E-state index >= 15 is 0 Å². The topological polar surface area (TPSA) is 38.0 Å². The first kappa shape index (κ1) is 13.3. The second kappa shape index (κ2) is 5.52. The van der Waals surface area contributed by atoms with Crippen molar-refractivity contribution in [1.82, 2.24) is 5.32 Å². The molecule has 0 spiro atoms. The van der Waals surface area contributed by atoms with Gasteiger partial charge in [0, 0.05) is 19.6 Å². The summed E-state index contributed by atoms with van der Waals surface area (Å²) in [6.45, 7) is 1.35. The molecule has 6 heteroatoms. The summed E-state index contributed by atoms with van der Waals surface area (Å²) >= 11 is 5.48. The molecule has 0 radical (unpaired) electrons. The van der Waals surface area contributed by atoms with E-state index in [2.05, 4.69) is 5.32 Å². The van der Waals surface area contributed by atoms with E-state index in [1.54, 1.807) is 6.07 Å². The number of hydrogen-bond donors (Lipinski definition) is 2. The summed E-state index contributed by atoms with van der Waals surface area (Å²) in [4.78, 5) is 0. The van der Waals surface area contributed by atoms with Crippen molar-refractivity contribution in [2.24, 2.45) is 5.73 Å². The molecule has 1 aromatic rings. The van der Waals surface area contributed by atoms with Gasteiger partial charge in [0.2, 0.25) is 0 Å². The highest BCUT2D eigenvalue weighted by atomic mass is 35.5. The Kier molecular flexibility index (Phi) is 4.58. The molecular formula is C10H12ClF3N2. The molecule has 0 aliphatic carbocycles. The predicted molar refractivity (Wildman–Crippen MR) is 57.2 cm³/mol. The van der Waals surface area contributed by atoms with Crippen LogP contribution in [0.15, 0.2) is 18.2 Å². The summed E-state index contributed by atoms with van der Waals surface area (Å²) < 4.78 is 37.5. The predicted octanol–water partition coefficient (Wildman–Crippen LogP) is 2.41. The lowest BCUT2D eigenvalue weighted by Crippen LogP contribution is -2.22. The van der Waals surface area contributed by atoms with Gasteiger partial charge in [0.1, 0.15) is 0 Å². The van der Waals surface area contributed by atoms with Gasteiger partial charge in [-0.2, -0.15) is 13.2 Å². The second-order valence-electron chi connectivity index (χ2n) is 3.28. The Bertz CT molecular complexity index is 352. The molecule has 3 N–H and O–H groups in total. The zero-order chi connectivity index (χ0) is 12.2. The summed E-state index contributed by atoms with van der Waals surface area (Å²) in [5, 5.41) is 2.63. The number of alkyl halides is 3. The maximum atomic E-state index is 12.5. The quantitative estimate of drug-likeness (QED) is 0.808. The van der Waals surface area contributed by atoms with Crippen molar-refractivity contribution in [2.45, 2.75) is 12.7 Å². The van der Waals surface area contributed by atoms with Crippen molar-refractivity contribution in [2.75, 3.05) is 13.1 Å². The Morgan fingerprint density at radius 1 is 1.31 bits per heavy atom. The van der Waals surface area contributed by atoms with Crippen LogP contribution in [0, 0.1) is 0 Å². The Balaban J connectivity index is 2.82. The van der Waals surface area contributed by atoms with Gasteiger partial charge in [-0.3, -0.25) is 0 Å². The third-order valence-electron chi connectivity index (χ3n) is 1.99. The van der Waals surface area contributed by atoms with Crippen LogP contribution < -0.4 is 11.1 Å². The molecule has 1 aromatic carbocycles. The Morgan fingerprint density at radius 3 is 2.56 bits per heavy atom. The smallest absolute Gasteiger partial charge is 0.329 e. The SMILES string of the molecule is NCCNCc1ccc(Cl)c(C(F)(F)F)c1. The van der Waals surface area contributed by atoms with Gasteiger partial charge in [-0.1, -0.05) is 17.7 Å². The average Bonchev–Trinajstić information content (AvgIpc) is 2.19. The maximum absolute atomic E-state index is 12.5. The molecule has 0 unspecified atom stereocenters. The lowest BCUT2D eigenvalue weighted by atomic mass is 10.1. The number of nitrogens with one attached hydrogen (secondary N) is 1. The molecule has 0 amide bonds. The largest absolute Gasteiger partial charge is 0.417 e. The summed E-state index contributed by atoms with van der Waals surface area (Å²) in [5.74, 6) is 0. The normalized spacial score (nSPS) is 11.8.